The van der Waals surface area contributed by atoms with Gasteiger partial charge in [0.25, 0.3) is 0 Å². The molecule has 6 nitrogen and oxygen atoms in total. The van der Waals surface area contributed by atoms with Crippen molar-refractivity contribution in [3.05, 3.63) is 65.7 Å². The van der Waals surface area contributed by atoms with Crippen LogP contribution in [0.1, 0.15) is 17.3 Å². The monoisotopic (exact) mass is 499 g/mol. The zero-order valence-electron chi connectivity index (χ0n) is 16.0. The minimum Gasteiger partial charge on any atom is -0.379 e. The van der Waals surface area contributed by atoms with E-state index in [4.69, 9.17) is 4.74 Å². The first-order valence-corrected chi connectivity index (χ1v) is 9.18. The number of hydrogen-bond donors (Lipinski definition) is 2. The molecule has 3 rings (SSSR count). The Balaban J connectivity index is 0.00000280. The van der Waals surface area contributed by atoms with Crippen molar-refractivity contribution in [3.8, 4) is 0 Å². The van der Waals surface area contributed by atoms with Crippen molar-refractivity contribution < 1.29 is 9.13 Å². The van der Waals surface area contributed by atoms with E-state index in [9.17, 15) is 4.39 Å². The molecule has 1 saturated heterocycles. The summed E-state index contributed by atoms with van der Waals surface area (Å²) in [5, 5.41) is 6.63. The van der Waals surface area contributed by atoms with Crippen molar-refractivity contribution in [1.29, 1.82) is 0 Å². The smallest absolute Gasteiger partial charge is 0.191 e. The number of aliphatic imine (C=N–C) groups is 1. The highest BCUT2D eigenvalue weighted by Gasteiger charge is 2.23. The van der Waals surface area contributed by atoms with Crippen molar-refractivity contribution >= 4 is 29.9 Å². The van der Waals surface area contributed by atoms with Crippen LogP contribution in [0.4, 0.5) is 4.39 Å². The molecule has 28 heavy (non-hydrogen) atoms. The third-order valence-electron chi connectivity index (χ3n) is 4.57. The topological polar surface area (TPSA) is 61.8 Å². The van der Waals surface area contributed by atoms with Gasteiger partial charge < -0.3 is 15.4 Å². The van der Waals surface area contributed by atoms with E-state index >= 15 is 0 Å². The summed E-state index contributed by atoms with van der Waals surface area (Å²) >= 11 is 0. The molecule has 2 aromatic rings. The molecular formula is C20H27FIN5O. The molecule has 1 aromatic heterocycles. The van der Waals surface area contributed by atoms with E-state index in [0.717, 1.165) is 24.3 Å². The van der Waals surface area contributed by atoms with Gasteiger partial charge in [0.05, 0.1) is 31.5 Å². The lowest BCUT2D eigenvalue weighted by atomic mass is 10.0. The number of ether oxygens (including phenoxy) is 1. The highest BCUT2D eigenvalue weighted by Crippen LogP contribution is 2.22. The number of morpholine rings is 1. The van der Waals surface area contributed by atoms with Gasteiger partial charge in [-0.2, -0.15) is 0 Å². The maximum atomic E-state index is 13.8. The van der Waals surface area contributed by atoms with Crippen LogP contribution >= 0.6 is 24.0 Å². The number of pyridine rings is 1. The van der Waals surface area contributed by atoms with E-state index in [0.29, 0.717) is 32.3 Å². The standard InChI is InChI=1S/C20H26FN5O.HI/c1-22-20(24-14-18-7-2-3-8-23-18)25-15-19(26-9-11-27-12-10-26)16-5-4-6-17(21)13-16;/h2-8,13,19H,9-12,14-15H2,1H3,(H2,22,24,25);1H. The van der Waals surface area contributed by atoms with Gasteiger partial charge in [0.1, 0.15) is 5.82 Å². The third kappa shape index (κ3) is 6.68. The second-order valence-corrected chi connectivity index (χ2v) is 6.35. The molecule has 1 aliphatic rings. The molecule has 1 aliphatic heterocycles. The van der Waals surface area contributed by atoms with Gasteiger partial charge in [-0.1, -0.05) is 18.2 Å². The van der Waals surface area contributed by atoms with Crippen LogP contribution in [-0.4, -0.2) is 55.7 Å². The quantitative estimate of drug-likeness (QED) is 0.364. The fourth-order valence-electron chi connectivity index (χ4n) is 3.15. The molecule has 1 atom stereocenters. The summed E-state index contributed by atoms with van der Waals surface area (Å²) in [4.78, 5) is 10.9. The molecule has 8 heteroatoms. The van der Waals surface area contributed by atoms with Crippen molar-refractivity contribution in [2.24, 2.45) is 4.99 Å². The fraction of sp³-hybridized carbons (Fsp3) is 0.400. The van der Waals surface area contributed by atoms with Crippen molar-refractivity contribution in [3.63, 3.8) is 0 Å². The number of rotatable bonds is 6. The normalized spacial score (nSPS) is 16.1. The number of hydrogen-bond acceptors (Lipinski definition) is 4. The summed E-state index contributed by atoms with van der Waals surface area (Å²) < 4.78 is 19.2. The van der Waals surface area contributed by atoms with Crippen LogP contribution in [0.15, 0.2) is 53.7 Å². The van der Waals surface area contributed by atoms with E-state index in [1.807, 2.05) is 24.3 Å². The summed E-state index contributed by atoms with van der Waals surface area (Å²) in [6, 6.07) is 12.6. The molecule has 1 fully saturated rings. The maximum Gasteiger partial charge on any atom is 0.191 e. The first-order valence-electron chi connectivity index (χ1n) is 9.18. The van der Waals surface area contributed by atoms with E-state index < -0.39 is 0 Å². The molecule has 1 aromatic carbocycles. The molecule has 1 unspecified atom stereocenters. The second-order valence-electron chi connectivity index (χ2n) is 6.35. The van der Waals surface area contributed by atoms with E-state index in [1.54, 1.807) is 25.4 Å². The number of guanidine groups is 1. The minimum atomic E-state index is -0.219. The lowest BCUT2D eigenvalue weighted by Gasteiger charge is -2.35. The van der Waals surface area contributed by atoms with Crippen LogP contribution in [0.5, 0.6) is 0 Å². The summed E-state index contributed by atoms with van der Waals surface area (Å²) in [5.41, 5.74) is 1.89. The molecule has 0 bridgehead atoms. The molecule has 2 N–H and O–H groups in total. The lowest BCUT2D eigenvalue weighted by Crippen LogP contribution is -2.46. The number of nitrogens with zero attached hydrogens (tertiary/aromatic N) is 3. The maximum absolute atomic E-state index is 13.8. The summed E-state index contributed by atoms with van der Waals surface area (Å²) in [6.07, 6.45) is 1.77. The molecule has 0 aliphatic carbocycles. The number of nitrogens with one attached hydrogen (secondary N) is 2. The predicted molar refractivity (Wildman–Crippen MR) is 119 cm³/mol. The van der Waals surface area contributed by atoms with Gasteiger partial charge in [-0.25, -0.2) is 4.39 Å². The first kappa shape index (κ1) is 22.5. The SMILES string of the molecule is CN=C(NCc1ccccn1)NCC(c1cccc(F)c1)N1CCOCC1.I. The number of halogens is 2. The van der Waals surface area contributed by atoms with Gasteiger partial charge in [0, 0.05) is 32.9 Å². The Morgan fingerprint density at radius 1 is 1.21 bits per heavy atom. The highest BCUT2D eigenvalue weighted by molar-refractivity contribution is 14.0. The summed E-state index contributed by atoms with van der Waals surface area (Å²) in [7, 11) is 1.74. The Morgan fingerprint density at radius 2 is 2.04 bits per heavy atom. The van der Waals surface area contributed by atoms with Crippen LogP contribution in [0, 0.1) is 5.82 Å². The second kappa shape index (κ2) is 11.9. The molecule has 152 valence electrons. The van der Waals surface area contributed by atoms with Crippen LogP contribution in [0.2, 0.25) is 0 Å². The average molecular weight is 499 g/mol. The van der Waals surface area contributed by atoms with Gasteiger partial charge in [0.2, 0.25) is 0 Å². The van der Waals surface area contributed by atoms with Gasteiger partial charge >= 0.3 is 0 Å². The largest absolute Gasteiger partial charge is 0.379 e. The predicted octanol–water partition coefficient (Wildman–Crippen LogP) is 2.58. The lowest BCUT2D eigenvalue weighted by molar-refractivity contribution is 0.0169. The van der Waals surface area contributed by atoms with E-state index in [-0.39, 0.29) is 35.8 Å². The number of benzene rings is 1. The molecular weight excluding hydrogens is 472 g/mol. The van der Waals surface area contributed by atoms with E-state index in [2.05, 4.69) is 25.5 Å². The highest BCUT2D eigenvalue weighted by atomic mass is 127. The van der Waals surface area contributed by atoms with Gasteiger partial charge in [-0.3, -0.25) is 14.9 Å². The van der Waals surface area contributed by atoms with Crippen LogP contribution in [0.3, 0.4) is 0 Å². The third-order valence-corrected chi connectivity index (χ3v) is 4.57. The Labute approximate surface area is 182 Å². The van der Waals surface area contributed by atoms with E-state index in [1.165, 1.54) is 6.07 Å². The van der Waals surface area contributed by atoms with Gasteiger partial charge in [0.15, 0.2) is 5.96 Å². The van der Waals surface area contributed by atoms with Crippen molar-refractivity contribution in [2.45, 2.75) is 12.6 Å². The molecule has 0 saturated carbocycles. The Morgan fingerprint density at radius 3 is 2.71 bits per heavy atom. The minimum absolute atomic E-state index is 0. The molecule has 2 heterocycles. The van der Waals surface area contributed by atoms with Gasteiger partial charge in [-0.15, -0.1) is 24.0 Å². The van der Waals surface area contributed by atoms with Crippen molar-refractivity contribution in [2.75, 3.05) is 39.9 Å². The zero-order chi connectivity index (χ0) is 18.9. The summed E-state index contributed by atoms with van der Waals surface area (Å²) in [5.74, 6) is 0.471. The zero-order valence-corrected chi connectivity index (χ0v) is 18.3. The Kier molecular flexibility index (Phi) is 9.59. The number of aromatic nitrogens is 1. The first-order chi connectivity index (χ1) is 13.3. The Bertz CT molecular complexity index is 740. The van der Waals surface area contributed by atoms with Crippen LogP contribution in [0.25, 0.3) is 0 Å². The molecule has 0 spiro atoms. The summed E-state index contributed by atoms with van der Waals surface area (Å²) in [6.45, 7) is 4.23. The fourth-order valence-corrected chi connectivity index (χ4v) is 3.15. The molecule has 0 amide bonds. The van der Waals surface area contributed by atoms with Crippen LogP contribution < -0.4 is 10.6 Å². The van der Waals surface area contributed by atoms with Crippen molar-refractivity contribution in [1.82, 2.24) is 20.5 Å². The Hall–Kier alpha value is -1.78. The molecule has 0 radical (unpaired) electrons. The van der Waals surface area contributed by atoms with Gasteiger partial charge in [-0.05, 0) is 29.8 Å². The van der Waals surface area contributed by atoms with Crippen LogP contribution in [-0.2, 0) is 11.3 Å². The average Bonchev–Trinajstić information content (AvgIpc) is 2.72.